The van der Waals surface area contributed by atoms with Gasteiger partial charge in [-0.2, -0.15) is 0 Å². The van der Waals surface area contributed by atoms with Gasteiger partial charge >= 0.3 is 0 Å². The van der Waals surface area contributed by atoms with Crippen LogP contribution < -0.4 is 10.0 Å². The summed E-state index contributed by atoms with van der Waals surface area (Å²) in [6.45, 7) is 4.91. The highest BCUT2D eigenvalue weighted by atomic mass is 32.2. The highest BCUT2D eigenvalue weighted by Gasteiger charge is 2.18. The molecular weight excluding hydrogens is 288 g/mol. The van der Waals surface area contributed by atoms with Gasteiger partial charge in [0.15, 0.2) is 0 Å². The van der Waals surface area contributed by atoms with Crippen LogP contribution in [-0.4, -0.2) is 34.7 Å². The Bertz CT molecular complexity index is 522. The molecule has 0 aliphatic carbocycles. The molecule has 0 atom stereocenters. The highest BCUT2D eigenvalue weighted by molar-refractivity contribution is 7.89. The van der Waals surface area contributed by atoms with Gasteiger partial charge < -0.3 is 10.1 Å². The fourth-order valence-corrected chi connectivity index (χ4v) is 3.40. The van der Waals surface area contributed by atoms with Crippen LogP contribution in [0.5, 0.6) is 0 Å². The minimum Gasteiger partial charge on any atom is -0.385 e. The van der Waals surface area contributed by atoms with E-state index in [0.29, 0.717) is 17.4 Å². The van der Waals surface area contributed by atoms with Gasteiger partial charge in [-0.3, -0.25) is 0 Å². The predicted molar refractivity (Wildman–Crippen MR) is 84.0 cm³/mol. The van der Waals surface area contributed by atoms with Crippen LogP contribution in [0.3, 0.4) is 0 Å². The number of ether oxygens (including phenoxy) is 1. The van der Waals surface area contributed by atoms with Crippen molar-refractivity contribution in [3.8, 4) is 0 Å². The molecule has 0 bridgehead atoms. The maximum Gasteiger partial charge on any atom is 0.240 e. The average Bonchev–Trinajstić information content (AvgIpc) is 2.52. The van der Waals surface area contributed by atoms with Crippen LogP contribution in [0.2, 0.25) is 0 Å². The molecular formula is C15H24N2O3S. The Morgan fingerprint density at radius 1 is 1.19 bits per heavy atom. The van der Waals surface area contributed by atoms with Gasteiger partial charge in [0.1, 0.15) is 0 Å². The van der Waals surface area contributed by atoms with Gasteiger partial charge in [0, 0.05) is 32.0 Å². The van der Waals surface area contributed by atoms with Crippen LogP contribution in [0.25, 0.3) is 0 Å². The van der Waals surface area contributed by atoms with Gasteiger partial charge in [-0.1, -0.05) is 6.92 Å². The van der Waals surface area contributed by atoms with Crippen LogP contribution >= 0.6 is 0 Å². The minimum atomic E-state index is -3.42. The Kier molecular flexibility index (Phi) is 6.02. The molecule has 0 radical (unpaired) electrons. The first-order valence-electron chi connectivity index (χ1n) is 7.53. The second kappa shape index (κ2) is 7.77. The van der Waals surface area contributed by atoms with E-state index in [9.17, 15) is 8.42 Å². The Balaban J connectivity index is 1.91. The van der Waals surface area contributed by atoms with E-state index in [-0.39, 0.29) is 0 Å². The SMILES string of the molecule is CCCNc1ccc(S(=O)(=O)NCC2CCOCC2)cc1. The molecule has 1 saturated heterocycles. The maximum absolute atomic E-state index is 12.2. The first-order valence-corrected chi connectivity index (χ1v) is 9.01. The summed E-state index contributed by atoms with van der Waals surface area (Å²) in [6.07, 6.45) is 2.87. The minimum absolute atomic E-state index is 0.316. The van der Waals surface area contributed by atoms with E-state index in [1.54, 1.807) is 24.3 Å². The molecule has 118 valence electrons. The van der Waals surface area contributed by atoms with Crippen molar-refractivity contribution in [1.82, 2.24) is 4.72 Å². The first kappa shape index (κ1) is 16.3. The Morgan fingerprint density at radius 3 is 2.48 bits per heavy atom. The van der Waals surface area contributed by atoms with Crippen LogP contribution in [0.1, 0.15) is 26.2 Å². The van der Waals surface area contributed by atoms with Gasteiger partial charge in [-0.05, 0) is 49.4 Å². The molecule has 2 rings (SSSR count). The Labute approximate surface area is 127 Å². The van der Waals surface area contributed by atoms with Gasteiger partial charge in [0.25, 0.3) is 0 Å². The van der Waals surface area contributed by atoms with Crippen molar-refractivity contribution in [2.75, 3.05) is 31.6 Å². The van der Waals surface area contributed by atoms with E-state index in [0.717, 1.165) is 44.7 Å². The molecule has 1 aromatic carbocycles. The van der Waals surface area contributed by atoms with E-state index >= 15 is 0 Å². The van der Waals surface area contributed by atoms with Crippen molar-refractivity contribution in [1.29, 1.82) is 0 Å². The highest BCUT2D eigenvalue weighted by Crippen LogP contribution is 2.17. The van der Waals surface area contributed by atoms with Crippen LogP contribution in [-0.2, 0) is 14.8 Å². The molecule has 21 heavy (non-hydrogen) atoms. The summed E-state index contributed by atoms with van der Waals surface area (Å²) in [5.41, 5.74) is 0.945. The van der Waals surface area contributed by atoms with Crippen LogP contribution in [0.4, 0.5) is 5.69 Å². The van der Waals surface area contributed by atoms with Gasteiger partial charge in [0.2, 0.25) is 10.0 Å². The predicted octanol–water partition coefficient (Wildman–Crippen LogP) is 2.21. The number of hydrogen-bond donors (Lipinski definition) is 2. The summed E-state index contributed by atoms with van der Waals surface area (Å²) in [6, 6.07) is 6.89. The smallest absolute Gasteiger partial charge is 0.240 e. The zero-order valence-electron chi connectivity index (χ0n) is 12.5. The van der Waals surface area contributed by atoms with Crippen molar-refractivity contribution in [2.24, 2.45) is 5.92 Å². The molecule has 5 nitrogen and oxygen atoms in total. The zero-order valence-corrected chi connectivity index (χ0v) is 13.3. The maximum atomic E-state index is 12.2. The van der Waals surface area contributed by atoms with E-state index in [1.165, 1.54) is 0 Å². The number of nitrogens with one attached hydrogen (secondary N) is 2. The van der Waals surface area contributed by atoms with Crippen molar-refractivity contribution in [3.63, 3.8) is 0 Å². The summed E-state index contributed by atoms with van der Waals surface area (Å²) in [5, 5.41) is 3.23. The summed E-state index contributed by atoms with van der Waals surface area (Å²) in [4.78, 5) is 0.316. The van der Waals surface area contributed by atoms with Gasteiger partial charge in [0.05, 0.1) is 4.90 Å². The van der Waals surface area contributed by atoms with Crippen molar-refractivity contribution >= 4 is 15.7 Å². The second-order valence-corrected chi connectivity index (χ2v) is 7.13. The third-order valence-electron chi connectivity index (χ3n) is 3.65. The average molecular weight is 312 g/mol. The lowest BCUT2D eigenvalue weighted by molar-refractivity contribution is 0.0678. The van der Waals surface area contributed by atoms with E-state index in [4.69, 9.17) is 4.74 Å². The molecule has 1 aliphatic rings. The molecule has 1 heterocycles. The number of rotatable bonds is 7. The molecule has 0 unspecified atom stereocenters. The van der Waals surface area contributed by atoms with Crippen LogP contribution in [0.15, 0.2) is 29.2 Å². The quantitative estimate of drug-likeness (QED) is 0.810. The van der Waals surface area contributed by atoms with Crippen molar-refractivity contribution in [3.05, 3.63) is 24.3 Å². The third-order valence-corrected chi connectivity index (χ3v) is 5.09. The molecule has 1 aromatic rings. The Hall–Kier alpha value is -1.11. The molecule has 1 fully saturated rings. The fourth-order valence-electron chi connectivity index (χ4n) is 2.28. The molecule has 0 aromatic heterocycles. The summed E-state index contributed by atoms with van der Waals surface area (Å²) >= 11 is 0. The number of benzene rings is 1. The number of sulfonamides is 1. The largest absolute Gasteiger partial charge is 0.385 e. The summed E-state index contributed by atoms with van der Waals surface area (Å²) in [5.74, 6) is 0.374. The molecule has 0 amide bonds. The molecule has 2 N–H and O–H groups in total. The molecule has 0 saturated carbocycles. The van der Waals surface area contributed by atoms with E-state index < -0.39 is 10.0 Å². The number of anilines is 1. The Morgan fingerprint density at radius 2 is 1.86 bits per heavy atom. The van der Waals surface area contributed by atoms with E-state index in [2.05, 4.69) is 17.0 Å². The van der Waals surface area contributed by atoms with Gasteiger partial charge in [-0.15, -0.1) is 0 Å². The van der Waals surface area contributed by atoms with E-state index in [1.807, 2.05) is 0 Å². The molecule has 6 heteroatoms. The van der Waals surface area contributed by atoms with Crippen molar-refractivity contribution in [2.45, 2.75) is 31.1 Å². The molecule has 0 spiro atoms. The van der Waals surface area contributed by atoms with Crippen molar-refractivity contribution < 1.29 is 13.2 Å². The lowest BCUT2D eigenvalue weighted by Crippen LogP contribution is -2.32. The lowest BCUT2D eigenvalue weighted by atomic mass is 10.0. The van der Waals surface area contributed by atoms with Gasteiger partial charge in [-0.25, -0.2) is 13.1 Å². The normalized spacial score (nSPS) is 16.8. The zero-order chi connectivity index (χ0) is 15.1. The third kappa shape index (κ3) is 4.98. The fraction of sp³-hybridized carbons (Fsp3) is 0.600. The van der Waals surface area contributed by atoms with Crippen LogP contribution in [0, 0.1) is 5.92 Å². The molecule has 1 aliphatic heterocycles. The monoisotopic (exact) mass is 312 g/mol. The second-order valence-electron chi connectivity index (χ2n) is 5.36. The standard InChI is InChI=1S/C15H24N2O3S/c1-2-9-16-14-3-5-15(6-4-14)21(18,19)17-12-13-7-10-20-11-8-13/h3-6,13,16-17H,2,7-12H2,1H3. The summed E-state index contributed by atoms with van der Waals surface area (Å²) in [7, 11) is -3.42. The number of hydrogen-bond acceptors (Lipinski definition) is 4. The first-order chi connectivity index (χ1) is 10.1. The summed E-state index contributed by atoms with van der Waals surface area (Å²) < 4.78 is 32.5. The lowest BCUT2D eigenvalue weighted by Gasteiger charge is -2.22. The topological polar surface area (TPSA) is 67.4 Å².